The number of likely N-dealkylation sites (tertiary alicyclic amines) is 1. The number of halogens is 1. The lowest BCUT2D eigenvalue weighted by atomic mass is 9.96. The van der Waals surface area contributed by atoms with E-state index in [1.54, 1.807) is 18.3 Å². The van der Waals surface area contributed by atoms with Gasteiger partial charge in [0.15, 0.2) is 0 Å². The molecule has 1 aliphatic rings. The third kappa shape index (κ3) is 2.74. The molecule has 5 heteroatoms. The van der Waals surface area contributed by atoms with Crippen molar-refractivity contribution in [2.45, 2.75) is 12.8 Å². The highest BCUT2D eigenvalue weighted by molar-refractivity contribution is 6.36. The van der Waals surface area contributed by atoms with Gasteiger partial charge in [0, 0.05) is 24.7 Å². The fraction of sp³-hybridized carbons (Fsp3) is 0.375. The highest BCUT2D eigenvalue weighted by Crippen LogP contribution is 2.26. The summed E-state index contributed by atoms with van der Waals surface area (Å²) in [6.07, 6.45) is 3.64. The number of fused-ring (bicyclic) bond motifs is 1. The Morgan fingerprint density at radius 3 is 2.81 bits per heavy atom. The topological polar surface area (TPSA) is 59.2 Å². The van der Waals surface area contributed by atoms with Gasteiger partial charge in [-0.15, -0.1) is 0 Å². The molecule has 1 fully saturated rings. The summed E-state index contributed by atoms with van der Waals surface area (Å²) in [5.74, 6) is 0.569. The predicted molar refractivity (Wildman–Crippen MR) is 84.4 cm³/mol. The number of rotatable bonds is 2. The van der Waals surface area contributed by atoms with Crippen molar-refractivity contribution in [2.24, 2.45) is 11.7 Å². The molecule has 1 aliphatic heterocycles. The molecule has 1 amide bonds. The van der Waals surface area contributed by atoms with Gasteiger partial charge in [-0.1, -0.05) is 11.6 Å². The normalized spacial score (nSPS) is 16.4. The van der Waals surface area contributed by atoms with Gasteiger partial charge in [0.2, 0.25) is 0 Å². The van der Waals surface area contributed by atoms with Crippen LogP contribution < -0.4 is 5.73 Å². The van der Waals surface area contributed by atoms with E-state index in [4.69, 9.17) is 17.3 Å². The van der Waals surface area contributed by atoms with Crippen LogP contribution in [-0.2, 0) is 0 Å². The first kappa shape index (κ1) is 14.3. The maximum Gasteiger partial charge on any atom is 0.256 e. The fourth-order valence-corrected chi connectivity index (χ4v) is 3.07. The largest absolute Gasteiger partial charge is 0.339 e. The zero-order chi connectivity index (χ0) is 14.8. The lowest BCUT2D eigenvalue weighted by molar-refractivity contribution is 0.0695. The van der Waals surface area contributed by atoms with Crippen LogP contribution in [0.5, 0.6) is 0 Å². The standard InChI is InChI=1S/C16H18ClN3O/c17-14-4-3-13(15-12(14)2-1-7-19-15)16(21)20-8-5-11(10-18)6-9-20/h1-4,7,11H,5-6,8-10,18H2. The second-order valence-corrected chi connectivity index (χ2v) is 5.87. The van der Waals surface area contributed by atoms with E-state index in [-0.39, 0.29) is 5.91 Å². The number of amides is 1. The number of pyridine rings is 1. The summed E-state index contributed by atoms with van der Waals surface area (Å²) < 4.78 is 0. The number of piperidine rings is 1. The maximum atomic E-state index is 12.7. The Balaban J connectivity index is 1.90. The van der Waals surface area contributed by atoms with Crippen molar-refractivity contribution >= 4 is 28.4 Å². The SMILES string of the molecule is NCC1CCN(C(=O)c2ccc(Cl)c3cccnc23)CC1. The lowest BCUT2D eigenvalue weighted by Crippen LogP contribution is -2.40. The third-order valence-electron chi connectivity index (χ3n) is 4.18. The molecular formula is C16H18ClN3O. The zero-order valence-electron chi connectivity index (χ0n) is 11.8. The molecule has 0 saturated carbocycles. The van der Waals surface area contributed by atoms with Crippen molar-refractivity contribution < 1.29 is 4.79 Å². The van der Waals surface area contributed by atoms with E-state index in [0.29, 0.717) is 28.6 Å². The summed E-state index contributed by atoms with van der Waals surface area (Å²) in [6.45, 7) is 2.22. The van der Waals surface area contributed by atoms with Crippen LogP contribution in [0.15, 0.2) is 30.5 Å². The molecule has 1 aromatic carbocycles. The minimum absolute atomic E-state index is 0.0332. The number of nitrogens with two attached hydrogens (primary N) is 1. The Bertz CT molecular complexity index is 666. The Kier molecular flexibility index (Phi) is 4.08. The maximum absolute atomic E-state index is 12.7. The lowest BCUT2D eigenvalue weighted by Gasteiger charge is -2.31. The molecule has 1 aromatic heterocycles. The van der Waals surface area contributed by atoms with Crippen LogP contribution in [0, 0.1) is 5.92 Å². The monoisotopic (exact) mass is 303 g/mol. The molecule has 2 aromatic rings. The van der Waals surface area contributed by atoms with Crippen molar-refractivity contribution in [1.82, 2.24) is 9.88 Å². The molecule has 110 valence electrons. The summed E-state index contributed by atoms with van der Waals surface area (Å²) >= 11 is 6.18. The molecule has 4 nitrogen and oxygen atoms in total. The van der Waals surface area contributed by atoms with Gasteiger partial charge in [0.25, 0.3) is 5.91 Å². The van der Waals surface area contributed by atoms with Crippen LogP contribution in [0.3, 0.4) is 0 Å². The number of benzene rings is 1. The van der Waals surface area contributed by atoms with E-state index in [2.05, 4.69) is 4.98 Å². The Morgan fingerprint density at radius 2 is 2.10 bits per heavy atom. The summed E-state index contributed by atoms with van der Waals surface area (Å²) in [4.78, 5) is 19.0. The Hall–Kier alpha value is -1.65. The van der Waals surface area contributed by atoms with Gasteiger partial charge in [-0.25, -0.2) is 0 Å². The molecule has 0 atom stereocenters. The van der Waals surface area contributed by atoms with E-state index in [1.165, 1.54) is 0 Å². The average Bonchev–Trinajstić information content (AvgIpc) is 2.55. The average molecular weight is 304 g/mol. The first-order valence-corrected chi connectivity index (χ1v) is 7.61. The van der Waals surface area contributed by atoms with Crippen molar-refractivity contribution in [3.8, 4) is 0 Å². The van der Waals surface area contributed by atoms with Crippen molar-refractivity contribution in [1.29, 1.82) is 0 Å². The van der Waals surface area contributed by atoms with Gasteiger partial charge < -0.3 is 10.6 Å². The molecule has 0 radical (unpaired) electrons. The van der Waals surface area contributed by atoms with Crippen LogP contribution in [0.4, 0.5) is 0 Å². The van der Waals surface area contributed by atoms with Crippen LogP contribution in [0.1, 0.15) is 23.2 Å². The summed E-state index contributed by atoms with van der Waals surface area (Å²) in [7, 11) is 0. The van der Waals surface area contributed by atoms with Gasteiger partial charge >= 0.3 is 0 Å². The van der Waals surface area contributed by atoms with E-state index in [1.807, 2.05) is 17.0 Å². The highest BCUT2D eigenvalue weighted by atomic mass is 35.5. The fourth-order valence-electron chi connectivity index (χ4n) is 2.85. The second kappa shape index (κ2) is 6.00. The van der Waals surface area contributed by atoms with Crippen LogP contribution >= 0.6 is 11.6 Å². The molecular weight excluding hydrogens is 286 g/mol. The molecule has 0 spiro atoms. The minimum atomic E-state index is 0.0332. The van der Waals surface area contributed by atoms with Crippen LogP contribution in [0.2, 0.25) is 5.02 Å². The summed E-state index contributed by atoms with van der Waals surface area (Å²) in [5, 5.41) is 1.44. The van der Waals surface area contributed by atoms with E-state index >= 15 is 0 Å². The van der Waals surface area contributed by atoms with Gasteiger partial charge in [-0.3, -0.25) is 9.78 Å². The summed E-state index contributed by atoms with van der Waals surface area (Å²) in [6, 6.07) is 7.26. The first-order valence-electron chi connectivity index (χ1n) is 7.23. The molecule has 21 heavy (non-hydrogen) atoms. The van der Waals surface area contributed by atoms with E-state index in [9.17, 15) is 4.79 Å². The molecule has 0 bridgehead atoms. The van der Waals surface area contributed by atoms with Gasteiger partial charge in [-0.05, 0) is 49.6 Å². The third-order valence-corrected chi connectivity index (χ3v) is 4.51. The number of aromatic nitrogens is 1. The number of hydrogen-bond acceptors (Lipinski definition) is 3. The van der Waals surface area contributed by atoms with E-state index < -0.39 is 0 Å². The molecule has 1 saturated heterocycles. The number of carbonyl (C=O) groups is 1. The molecule has 0 unspecified atom stereocenters. The van der Waals surface area contributed by atoms with E-state index in [0.717, 1.165) is 31.3 Å². The van der Waals surface area contributed by atoms with Crippen molar-refractivity contribution in [3.05, 3.63) is 41.0 Å². The number of nitrogens with zero attached hydrogens (tertiary/aromatic N) is 2. The van der Waals surface area contributed by atoms with Gasteiger partial charge in [0.1, 0.15) is 0 Å². The van der Waals surface area contributed by atoms with Crippen LogP contribution in [0.25, 0.3) is 10.9 Å². The Labute approximate surface area is 128 Å². The van der Waals surface area contributed by atoms with Gasteiger partial charge in [-0.2, -0.15) is 0 Å². The van der Waals surface area contributed by atoms with Crippen molar-refractivity contribution in [2.75, 3.05) is 19.6 Å². The molecule has 0 aliphatic carbocycles. The molecule has 3 rings (SSSR count). The number of hydrogen-bond donors (Lipinski definition) is 1. The quantitative estimate of drug-likeness (QED) is 0.928. The summed E-state index contributed by atoms with van der Waals surface area (Å²) in [5.41, 5.74) is 7.00. The van der Waals surface area contributed by atoms with Gasteiger partial charge in [0.05, 0.1) is 16.1 Å². The highest BCUT2D eigenvalue weighted by Gasteiger charge is 2.24. The smallest absolute Gasteiger partial charge is 0.256 e. The minimum Gasteiger partial charge on any atom is -0.339 e. The zero-order valence-corrected chi connectivity index (χ0v) is 12.5. The van der Waals surface area contributed by atoms with Crippen molar-refractivity contribution in [3.63, 3.8) is 0 Å². The number of carbonyl (C=O) groups excluding carboxylic acids is 1. The Morgan fingerprint density at radius 1 is 1.33 bits per heavy atom. The first-order chi connectivity index (χ1) is 10.2. The second-order valence-electron chi connectivity index (χ2n) is 5.47. The molecule has 2 heterocycles. The molecule has 2 N–H and O–H groups in total. The van der Waals surface area contributed by atoms with Crippen LogP contribution in [-0.4, -0.2) is 35.4 Å². The predicted octanol–water partition coefficient (Wildman–Crippen LogP) is 2.70.